The Hall–Kier alpha value is -1.62. The van der Waals surface area contributed by atoms with E-state index < -0.39 is 0 Å². The van der Waals surface area contributed by atoms with Gasteiger partial charge in [-0.1, -0.05) is 12.8 Å². The number of amides is 1. The number of hydrogen-bond acceptors (Lipinski definition) is 4. The van der Waals surface area contributed by atoms with Crippen LogP contribution in [0, 0.1) is 5.92 Å². The molecule has 0 bridgehead atoms. The first-order valence-corrected chi connectivity index (χ1v) is 7.01. The summed E-state index contributed by atoms with van der Waals surface area (Å²) in [5.74, 6) is 1.00. The number of aromatic nitrogens is 1. The van der Waals surface area contributed by atoms with Crippen LogP contribution in [-0.4, -0.2) is 10.9 Å². The Labute approximate surface area is 109 Å². The van der Waals surface area contributed by atoms with E-state index in [0.29, 0.717) is 5.13 Å². The van der Waals surface area contributed by atoms with E-state index in [1.165, 1.54) is 11.3 Å². The normalized spacial score (nSPS) is 16.0. The van der Waals surface area contributed by atoms with Crippen LogP contribution in [0.2, 0.25) is 0 Å². The Kier molecular flexibility index (Phi) is 3.15. The van der Waals surface area contributed by atoms with Gasteiger partial charge >= 0.3 is 0 Å². The number of rotatable bonds is 3. The van der Waals surface area contributed by atoms with E-state index in [9.17, 15) is 4.79 Å². The second kappa shape index (κ2) is 4.94. The van der Waals surface area contributed by atoms with Gasteiger partial charge < -0.3 is 9.73 Å². The van der Waals surface area contributed by atoms with Crippen LogP contribution in [0.1, 0.15) is 25.7 Å². The fourth-order valence-corrected chi connectivity index (χ4v) is 2.97. The third-order valence-corrected chi connectivity index (χ3v) is 3.99. The Morgan fingerprint density at radius 1 is 1.44 bits per heavy atom. The summed E-state index contributed by atoms with van der Waals surface area (Å²) < 4.78 is 5.27. The van der Waals surface area contributed by atoms with Crippen molar-refractivity contribution in [1.82, 2.24) is 4.98 Å². The lowest BCUT2D eigenvalue weighted by atomic mass is 10.1. The number of hydrogen-bond donors (Lipinski definition) is 1. The SMILES string of the molecule is O=C(Nc1nc(-c2ccco2)cs1)C1CCCC1. The molecule has 0 aliphatic heterocycles. The van der Waals surface area contributed by atoms with E-state index in [0.717, 1.165) is 37.1 Å². The lowest BCUT2D eigenvalue weighted by molar-refractivity contribution is -0.119. The third-order valence-electron chi connectivity index (χ3n) is 3.23. The van der Waals surface area contributed by atoms with Crippen LogP contribution < -0.4 is 5.32 Å². The molecule has 94 valence electrons. The van der Waals surface area contributed by atoms with Crippen LogP contribution in [0.3, 0.4) is 0 Å². The molecule has 1 aliphatic rings. The number of nitrogens with one attached hydrogen (secondary N) is 1. The summed E-state index contributed by atoms with van der Waals surface area (Å²) in [6, 6.07) is 3.68. The third kappa shape index (κ3) is 2.31. The van der Waals surface area contributed by atoms with Gasteiger partial charge in [-0.2, -0.15) is 0 Å². The first-order valence-electron chi connectivity index (χ1n) is 6.13. The number of thiazole rings is 1. The van der Waals surface area contributed by atoms with Gasteiger partial charge in [0.2, 0.25) is 5.91 Å². The summed E-state index contributed by atoms with van der Waals surface area (Å²) in [7, 11) is 0. The van der Waals surface area contributed by atoms with Crippen LogP contribution in [0.15, 0.2) is 28.2 Å². The Bertz CT molecular complexity index is 527. The van der Waals surface area contributed by atoms with E-state index in [-0.39, 0.29) is 11.8 Å². The van der Waals surface area contributed by atoms with Crippen LogP contribution >= 0.6 is 11.3 Å². The minimum absolute atomic E-state index is 0.104. The number of furan rings is 1. The largest absolute Gasteiger partial charge is 0.463 e. The number of carbonyl (C=O) groups is 1. The van der Waals surface area contributed by atoms with Gasteiger partial charge in [0, 0.05) is 11.3 Å². The van der Waals surface area contributed by atoms with Gasteiger partial charge in [-0.05, 0) is 25.0 Å². The second-order valence-electron chi connectivity index (χ2n) is 4.49. The number of carbonyl (C=O) groups excluding carboxylic acids is 1. The standard InChI is InChI=1S/C13H14N2O2S/c16-12(9-4-1-2-5-9)15-13-14-10(8-18-13)11-6-3-7-17-11/h3,6-9H,1-2,4-5H2,(H,14,15,16). The first kappa shape index (κ1) is 11.5. The molecule has 2 heterocycles. The van der Waals surface area contributed by atoms with Gasteiger partial charge in [-0.15, -0.1) is 11.3 Å². The Morgan fingerprint density at radius 3 is 3.00 bits per heavy atom. The highest BCUT2D eigenvalue weighted by atomic mass is 32.1. The molecule has 0 unspecified atom stereocenters. The van der Waals surface area contributed by atoms with Crippen molar-refractivity contribution in [2.75, 3.05) is 5.32 Å². The van der Waals surface area contributed by atoms with Gasteiger partial charge in [0.05, 0.1) is 6.26 Å². The van der Waals surface area contributed by atoms with E-state index >= 15 is 0 Å². The molecule has 0 spiro atoms. The highest BCUT2D eigenvalue weighted by molar-refractivity contribution is 7.14. The molecule has 5 heteroatoms. The molecule has 1 N–H and O–H groups in total. The van der Waals surface area contributed by atoms with Crippen molar-refractivity contribution in [1.29, 1.82) is 0 Å². The predicted octanol–water partition coefficient (Wildman–Crippen LogP) is 3.53. The van der Waals surface area contributed by atoms with E-state index in [1.807, 2.05) is 17.5 Å². The van der Waals surface area contributed by atoms with Gasteiger partial charge in [-0.25, -0.2) is 4.98 Å². The molecule has 1 aliphatic carbocycles. The zero-order valence-corrected chi connectivity index (χ0v) is 10.7. The molecule has 0 saturated heterocycles. The van der Waals surface area contributed by atoms with Crippen molar-refractivity contribution in [3.8, 4) is 11.5 Å². The molecule has 0 aromatic carbocycles. The van der Waals surface area contributed by atoms with Crippen LogP contribution in [0.5, 0.6) is 0 Å². The Balaban J connectivity index is 1.68. The average molecular weight is 262 g/mol. The highest BCUT2D eigenvalue weighted by Gasteiger charge is 2.23. The summed E-state index contributed by atoms with van der Waals surface area (Å²) in [5.41, 5.74) is 0.770. The summed E-state index contributed by atoms with van der Waals surface area (Å²) in [6.45, 7) is 0. The Morgan fingerprint density at radius 2 is 2.28 bits per heavy atom. The number of anilines is 1. The van der Waals surface area contributed by atoms with Crippen molar-refractivity contribution in [2.24, 2.45) is 5.92 Å². The van der Waals surface area contributed by atoms with Gasteiger partial charge in [0.15, 0.2) is 10.9 Å². The van der Waals surface area contributed by atoms with E-state index in [2.05, 4.69) is 10.3 Å². The molecular weight excluding hydrogens is 248 g/mol. The summed E-state index contributed by atoms with van der Waals surface area (Å²) in [5, 5.41) is 5.44. The average Bonchev–Trinajstić information content (AvgIpc) is 3.12. The van der Waals surface area contributed by atoms with Gasteiger partial charge in [-0.3, -0.25) is 4.79 Å². The summed E-state index contributed by atoms with van der Waals surface area (Å²) in [6.07, 6.45) is 5.94. The van der Waals surface area contributed by atoms with E-state index in [1.54, 1.807) is 6.26 Å². The fourth-order valence-electron chi connectivity index (χ4n) is 2.26. The molecule has 0 atom stereocenters. The van der Waals surface area contributed by atoms with Gasteiger partial charge in [0.1, 0.15) is 5.69 Å². The maximum atomic E-state index is 11.9. The lowest BCUT2D eigenvalue weighted by Crippen LogP contribution is -2.20. The van der Waals surface area contributed by atoms with Crippen molar-refractivity contribution in [2.45, 2.75) is 25.7 Å². The number of nitrogens with zero attached hydrogens (tertiary/aromatic N) is 1. The van der Waals surface area contributed by atoms with Crippen LogP contribution in [0.25, 0.3) is 11.5 Å². The molecule has 2 aromatic rings. The van der Waals surface area contributed by atoms with E-state index in [4.69, 9.17) is 4.42 Å². The monoisotopic (exact) mass is 262 g/mol. The first-order chi connectivity index (χ1) is 8.83. The lowest BCUT2D eigenvalue weighted by Gasteiger charge is -2.07. The smallest absolute Gasteiger partial charge is 0.229 e. The zero-order valence-electron chi connectivity index (χ0n) is 9.89. The van der Waals surface area contributed by atoms with Crippen molar-refractivity contribution in [3.05, 3.63) is 23.8 Å². The molecule has 2 aromatic heterocycles. The molecular formula is C13H14N2O2S. The molecule has 4 nitrogen and oxygen atoms in total. The summed E-state index contributed by atoms with van der Waals surface area (Å²) >= 11 is 1.43. The van der Waals surface area contributed by atoms with Crippen molar-refractivity contribution >= 4 is 22.4 Å². The van der Waals surface area contributed by atoms with Gasteiger partial charge in [0.25, 0.3) is 0 Å². The quantitative estimate of drug-likeness (QED) is 0.920. The molecule has 1 amide bonds. The maximum absolute atomic E-state index is 11.9. The molecule has 1 saturated carbocycles. The van der Waals surface area contributed by atoms with Crippen LogP contribution in [0.4, 0.5) is 5.13 Å². The minimum atomic E-state index is 0.104. The molecule has 3 rings (SSSR count). The second-order valence-corrected chi connectivity index (χ2v) is 5.34. The predicted molar refractivity (Wildman–Crippen MR) is 70.4 cm³/mol. The fraction of sp³-hybridized carbons (Fsp3) is 0.385. The highest BCUT2D eigenvalue weighted by Crippen LogP contribution is 2.28. The van der Waals surface area contributed by atoms with Crippen molar-refractivity contribution < 1.29 is 9.21 Å². The summed E-state index contributed by atoms with van der Waals surface area (Å²) in [4.78, 5) is 16.3. The topological polar surface area (TPSA) is 55.1 Å². The maximum Gasteiger partial charge on any atom is 0.229 e. The van der Waals surface area contributed by atoms with Crippen LogP contribution in [-0.2, 0) is 4.79 Å². The van der Waals surface area contributed by atoms with Crippen molar-refractivity contribution in [3.63, 3.8) is 0 Å². The minimum Gasteiger partial charge on any atom is -0.463 e. The molecule has 18 heavy (non-hydrogen) atoms. The molecule has 0 radical (unpaired) electrons. The molecule has 1 fully saturated rings. The zero-order chi connectivity index (χ0) is 12.4.